The first-order valence-electron chi connectivity index (χ1n) is 15.4. The second kappa shape index (κ2) is 15.3. The van der Waals surface area contributed by atoms with E-state index in [4.69, 9.17) is 9.47 Å². The number of halogens is 1. The molecule has 4 rings (SSSR count). The SMILES string of the molecule is COc1ccc(N(CC(=O)N(Cc2ccc(F)cc2)[C@@H](Cc2ccccc2)C(=O)NC(C)(C)C)S(=O)(=O)c2ccc(C)cc2)cc1OC. The summed E-state index contributed by atoms with van der Waals surface area (Å²) in [6, 6.07) is 24.7. The van der Waals surface area contributed by atoms with Gasteiger partial charge in [0.25, 0.3) is 10.0 Å². The standard InChI is InChI=1S/C37H42FN3O6S/c1-26-12-19-31(20-13-26)48(44,45)41(30-18-21-33(46-5)34(23-30)47-6)25-35(42)40(24-28-14-16-29(38)17-15-28)32(36(43)39-37(2,3)4)22-27-10-8-7-9-11-27/h7-21,23,32H,22,24-25H2,1-6H3,(H,39,43)/t32-/m0/s1. The molecule has 0 aliphatic carbocycles. The number of benzene rings is 4. The van der Waals surface area contributed by atoms with Gasteiger partial charge in [0.15, 0.2) is 11.5 Å². The highest BCUT2D eigenvalue weighted by Crippen LogP contribution is 2.34. The van der Waals surface area contributed by atoms with Crippen LogP contribution >= 0.6 is 0 Å². The average Bonchev–Trinajstić information content (AvgIpc) is 3.05. The second-order valence-electron chi connectivity index (χ2n) is 12.5. The van der Waals surface area contributed by atoms with Gasteiger partial charge in [-0.1, -0.05) is 60.2 Å². The van der Waals surface area contributed by atoms with Crippen LogP contribution in [0.4, 0.5) is 10.1 Å². The van der Waals surface area contributed by atoms with Crippen LogP contribution in [-0.4, -0.2) is 57.5 Å². The number of anilines is 1. The summed E-state index contributed by atoms with van der Waals surface area (Å²) in [6.45, 7) is 6.62. The zero-order valence-corrected chi connectivity index (χ0v) is 28.9. The number of methoxy groups -OCH3 is 2. The summed E-state index contributed by atoms with van der Waals surface area (Å²) in [4.78, 5) is 29.9. The van der Waals surface area contributed by atoms with E-state index in [0.717, 1.165) is 15.4 Å². The van der Waals surface area contributed by atoms with Crippen LogP contribution in [0, 0.1) is 12.7 Å². The number of hydrogen-bond donors (Lipinski definition) is 1. The van der Waals surface area contributed by atoms with E-state index in [1.807, 2.05) is 58.0 Å². The summed E-state index contributed by atoms with van der Waals surface area (Å²) in [7, 11) is -1.43. The van der Waals surface area contributed by atoms with Crippen molar-refractivity contribution >= 4 is 27.5 Å². The lowest BCUT2D eigenvalue weighted by molar-refractivity contribution is -0.140. The first kappa shape index (κ1) is 35.9. The minimum atomic E-state index is -4.32. The van der Waals surface area contributed by atoms with Gasteiger partial charge in [0.05, 0.1) is 24.8 Å². The summed E-state index contributed by atoms with van der Waals surface area (Å²) in [5, 5.41) is 2.99. The Hall–Kier alpha value is -4.90. The van der Waals surface area contributed by atoms with Gasteiger partial charge in [-0.05, 0) is 75.2 Å². The molecule has 9 nitrogen and oxygen atoms in total. The molecule has 0 aliphatic heterocycles. The Kier molecular flexibility index (Phi) is 11.5. The molecule has 0 aromatic heterocycles. The maximum atomic E-state index is 14.6. The van der Waals surface area contributed by atoms with Gasteiger partial charge < -0.3 is 19.7 Å². The quantitative estimate of drug-likeness (QED) is 0.189. The number of nitrogens with zero attached hydrogens (tertiary/aromatic N) is 2. The fourth-order valence-corrected chi connectivity index (χ4v) is 6.55. The molecule has 0 fully saturated rings. The summed E-state index contributed by atoms with van der Waals surface area (Å²) in [5.74, 6) is -0.872. The predicted octanol–water partition coefficient (Wildman–Crippen LogP) is 5.90. The number of aryl methyl sites for hydroxylation is 1. The number of ether oxygens (including phenoxy) is 2. The van der Waals surface area contributed by atoms with Crippen LogP contribution in [0.2, 0.25) is 0 Å². The molecule has 11 heteroatoms. The molecule has 0 spiro atoms. The van der Waals surface area contributed by atoms with Crippen molar-refractivity contribution in [2.75, 3.05) is 25.1 Å². The third kappa shape index (κ3) is 9.13. The van der Waals surface area contributed by atoms with Gasteiger partial charge in [-0.3, -0.25) is 13.9 Å². The topological polar surface area (TPSA) is 105 Å². The van der Waals surface area contributed by atoms with Gasteiger partial charge in [-0.15, -0.1) is 0 Å². The molecule has 0 bridgehead atoms. The number of amides is 2. The first-order valence-corrected chi connectivity index (χ1v) is 16.9. The molecule has 2 amide bonds. The molecule has 0 heterocycles. The molecular weight excluding hydrogens is 633 g/mol. The Balaban J connectivity index is 1.85. The summed E-state index contributed by atoms with van der Waals surface area (Å²) >= 11 is 0. The van der Waals surface area contributed by atoms with Crippen molar-refractivity contribution < 1.29 is 31.9 Å². The van der Waals surface area contributed by atoms with E-state index in [9.17, 15) is 22.4 Å². The lowest BCUT2D eigenvalue weighted by Gasteiger charge is -2.35. The molecule has 1 N–H and O–H groups in total. The number of rotatable bonds is 13. The van der Waals surface area contributed by atoms with Crippen LogP contribution in [0.5, 0.6) is 11.5 Å². The zero-order valence-electron chi connectivity index (χ0n) is 28.1. The summed E-state index contributed by atoms with van der Waals surface area (Å²) < 4.78 is 54.3. The minimum absolute atomic E-state index is 0.0212. The molecule has 0 radical (unpaired) electrons. The van der Waals surface area contributed by atoms with Crippen molar-refractivity contribution in [1.29, 1.82) is 0 Å². The number of hydrogen-bond acceptors (Lipinski definition) is 6. The Morgan fingerprint density at radius 3 is 2.04 bits per heavy atom. The third-order valence-corrected chi connectivity index (χ3v) is 9.37. The highest BCUT2D eigenvalue weighted by atomic mass is 32.2. The highest BCUT2D eigenvalue weighted by Gasteiger charge is 2.36. The number of carbonyl (C=O) groups is 2. The van der Waals surface area contributed by atoms with Crippen LogP contribution < -0.4 is 19.1 Å². The number of carbonyl (C=O) groups excluding carboxylic acids is 2. The Morgan fingerprint density at radius 1 is 0.833 bits per heavy atom. The summed E-state index contributed by atoms with van der Waals surface area (Å²) in [5.41, 5.74) is 1.75. The average molecular weight is 676 g/mol. The van der Waals surface area contributed by atoms with Crippen LogP contribution in [0.1, 0.15) is 37.5 Å². The first-order chi connectivity index (χ1) is 22.7. The largest absolute Gasteiger partial charge is 0.493 e. The van der Waals surface area contributed by atoms with E-state index in [0.29, 0.717) is 11.3 Å². The smallest absolute Gasteiger partial charge is 0.264 e. The van der Waals surface area contributed by atoms with E-state index < -0.39 is 45.8 Å². The Bertz CT molecular complexity index is 1810. The molecule has 0 unspecified atom stereocenters. The van der Waals surface area contributed by atoms with Gasteiger partial charge in [0.2, 0.25) is 11.8 Å². The van der Waals surface area contributed by atoms with Gasteiger partial charge in [0.1, 0.15) is 18.4 Å². The van der Waals surface area contributed by atoms with Gasteiger partial charge in [0, 0.05) is 24.6 Å². The van der Waals surface area contributed by atoms with Crippen molar-refractivity contribution in [3.05, 3.63) is 120 Å². The molecule has 0 saturated carbocycles. The van der Waals surface area contributed by atoms with Gasteiger partial charge in [-0.2, -0.15) is 0 Å². The van der Waals surface area contributed by atoms with E-state index in [2.05, 4.69) is 5.32 Å². The normalized spacial score (nSPS) is 12.1. The molecule has 48 heavy (non-hydrogen) atoms. The Morgan fingerprint density at radius 2 is 1.46 bits per heavy atom. The number of sulfonamides is 1. The highest BCUT2D eigenvalue weighted by molar-refractivity contribution is 7.92. The summed E-state index contributed by atoms with van der Waals surface area (Å²) in [6.07, 6.45) is 0.150. The molecule has 1 atom stereocenters. The second-order valence-corrected chi connectivity index (χ2v) is 14.3. The molecule has 4 aromatic carbocycles. The van der Waals surface area contributed by atoms with Crippen LogP contribution in [0.15, 0.2) is 102 Å². The van der Waals surface area contributed by atoms with Gasteiger partial charge in [-0.25, -0.2) is 12.8 Å². The lowest BCUT2D eigenvalue weighted by Crippen LogP contribution is -2.56. The van der Waals surface area contributed by atoms with E-state index in [-0.39, 0.29) is 29.3 Å². The van der Waals surface area contributed by atoms with Crippen LogP contribution in [0.25, 0.3) is 0 Å². The van der Waals surface area contributed by atoms with Crippen LogP contribution in [-0.2, 0) is 32.6 Å². The van der Waals surface area contributed by atoms with Crippen molar-refractivity contribution in [2.24, 2.45) is 0 Å². The Labute approximate surface area is 282 Å². The van der Waals surface area contributed by atoms with Gasteiger partial charge >= 0.3 is 0 Å². The van der Waals surface area contributed by atoms with Crippen molar-refractivity contribution in [3.8, 4) is 11.5 Å². The van der Waals surface area contributed by atoms with Crippen molar-refractivity contribution in [3.63, 3.8) is 0 Å². The van der Waals surface area contributed by atoms with E-state index in [1.165, 1.54) is 67.7 Å². The molecule has 0 aliphatic rings. The van der Waals surface area contributed by atoms with Crippen molar-refractivity contribution in [2.45, 2.75) is 57.1 Å². The molecule has 4 aromatic rings. The monoisotopic (exact) mass is 675 g/mol. The molecule has 254 valence electrons. The minimum Gasteiger partial charge on any atom is -0.493 e. The number of nitrogens with one attached hydrogen (secondary N) is 1. The predicted molar refractivity (Wildman–Crippen MR) is 184 cm³/mol. The molecule has 0 saturated heterocycles. The van der Waals surface area contributed by atoms with Crippen molar-refractivity contribution in [1.82, 2.24) is 10.2 Å². The lowest BCUT2D eigenvalue weighted by atomic mass is 10.0. The van der Waals surface area contributed by atoms with E-state index in [1.54, 1.807) is 18.2 Å². The maximum Gasteiger partial charge on any atom is 0.264 e. The molecular formula is C37H42FN3O6S. The van der Waals surface area contributed by atoms with E-state index >= 15 is 0 Å². The van der Waals surface area contributed by atoms with Crippen LogP contribution in [0.3, 0.4) is 0 Å². The fraction of sp³-hybridized carbons (Fsp3) is 0.297. The maximum absolute atomic E-state index is 14.6. The zero-order chi connectivity index (χ0) is 35.1. The fourth-order valence-electron chi connectivity index (χ4n) is 5.14. The third-order valence-electron chi connectivity index (χ3n) is 7.58.